The number of ether oxygens (including phenoxy) is 1. The molecule has 0 saturated carbocycles. The molecule has 3 N–H and O–H groups in total. The molecule has 2 rings (SSSR count). The lowest BCUT2D eigenvalue weighted by atomic mass is 10.1. The molecule has 0 saturated heterocycles. The molecule has 1 heterocycles. The number of aromatic nitrogens is 1. The standard InChI is InChI=1S/C21H29N5O2.HI/c1-5-22-21(25-14-17-8-6-15(2)12-18(17)28-4)23-11-10-20(27)26-19-9-7-16(3)13-24-19;/h6-9,12-13H,5,10-11,14H2,1-4H3,(H2,22,23,25)(H,24,26,27);1H. The zero-order chi connectivity index (χ0) is 20.4. The Bertz CT molecular complexity index is 809. The minimum Gasteiger partial charge on any atom is -0.496 e. The highest BCUT2D eigenvalue weighted by molar-refractivity contribution is 14.0. The topological polar surface area (TPSA) is 87.6 Å². The van der Waals surface area contributed by atoms with Gasteiger partial charge in [-0.15, -0.1) is 24.0 Å². The van der Waals surface area contributed by atoms with Crippen LogP contribution in [-0.4, -0.2) is 37.1 Å². The zero-order valence-corrected chi connectivity index (χ0v) is 19.7. The van der Waals surface area contributed by atoms with Crippen molar-refractivity contribution >= 4 is 41.7 Å². The van der Waals surface area contributed by atoms with Gasteiger partial charge in [-0.25, -0.2) is 9.98 Å². The van der Waals surface area contributed by atoms with E-state index in [0.29, 0.717) is 31.3 Å². The number of nitrogens with zero attached hydrogens (tertiary/aromatic N) is 2. The number of amides is 1. The molecule has 0 atom stereocenters. The lowest BCUT2D eigenvalue weighted by Gasteiger charge is -2.12. The molecule has 0 aliphatic carbocycles. The van der Waals surface area contributed by atoms with Gasteiger partial charge in [-0.05, 0) is 44.0 Å². The number of guanidine groups is 1. The lowest BCUT2D eigenvalue weighted by molar-refractivity contribution is -0.116. The predicted molar refractivity (Wildman–Crippen MR) is 128 cm³/mol. The van der Waals surface area contributed by atoms with Gasteiger partial charge >= 0.3 is 0 Å². The number of aliphatic imine (C=N–C) groups is 1. The number of methoxy groups -OCH3 is 1. The van der Waals surface area contributed by atoms with Gasteiger partial charge in [-0.1, -0.05) is 18.2 Å². The summed E-state index contributed by atoms with van der Waals surface area (Å²) in [5.74, 6) is 1.94. The van der Waals surface area contributed by atoms with E-state index in [-0.39, 0.29) is 29.9 Å². The maximum absolute atomic E-state index is 12.1. The summed E-state index contributed by atoms with van der Waals surface area (Å²) in [4.78, 5) is 20.8. The van der Waals surface area contributed by atoms with Crippen molar-refractivity contribution in [1.82, 2.24) is 15.6 Å². The molecule has 1 aromatic heterocycles. The molecule has 2 aromatic rings. The first-order valence-electron chi connectivity index (χ1n) is 9.40. The van der Waals surface area contributed by atoms with Crippen LogP contribution in [0.1, 0.15) is 30.0 Å². The zero-order valence-electron chi connectivity index (χ0n) is 17.4. The van der Waals surface area contributed by atoms with Gasteiger partial charge in [-0.2, -0.15) is 0 Å². The number of aryl methyl sites for hydroxylation is 2. The third-order valence-electron chi connectivity index (χ3n) is 4.02. The number of rotatable bonds is 8. The predicted octanol–water partition coefficient (Wildman–Crippen LogP) is 3.41. The number of anilines is 1. The van der Waals surface area contributed by atoms with E-state index in [1.54, 1.807) is 19.4 Å². The molecule has 0 aliphatic heterocycles. The van der Waals surface area contributed by atoms with Gasteiger partial charge in [0.1, 0.15) is 11.6 Å². The van der Waals surface area contributed by atoms with Gasteiger partial charge in [0, 0.05) is 31.3 Å². The highest BCUT2D eigenvalue weighted by Crippen LogP contribution is 2.20. The molecular formula is C21H30IN5O2. The smallest absolute Gasteiger partial charge is 0.227 e. The molecule has 0 spiro atoms. The van der Waals surface area contributed by atoms with Crippen LogP contribution < -0.4 is 20.7 Å². The normalized spacial score (nSPS) is 10.7. The van der Waals surface area contributed by atoms with E-state index >= 15 is 0 Å². The van der Waals surface area contributed by atoms with Gasteiger partial charge < -0.3 is 20.7 Å². The fraction of sp³-hybridized carbons (Fsp3) is 0.381. The molecular weight excluding hydrogens is 481 g/mol. The second-order valence-electron chi connectivity index (χ2n) is 6.46. The van der Waals surface area contributed by atoms with Gasteiger partial charge in [0.15, 0.2) is 5.96 Å². The van der Waals surface area contributed by atoms with Gasteiger partial charge in [0.25, 0.3) is 0 Å². The van der Waals surface area contributed by atoms with Crippen LogP contribution in [0.5, 0.6) is 5.75 Å². The monoisotopic (exact) mass is 511 g/mol. The van der Waals surface area contributed by atoms with E-state index in [4.69, 9.17) is 4.74 Å². The van der Waals surface area contributed by atoms with Crippen molar-refractivity contribution in [3.05, 3.63) is 53.2 Å². The fourth-order valence-electron chi connectivity index (χ4n) is 2.53. The van der Waals surface area contributed by atoms with Crippen LogP contribution in [0.15, 0.2) is 41.5 Å². The third kappa shape index (κ3) is 8.68. The van der Waals surface area contributed by atoms with E-state index in [0.717, 1.165) is 29.0 Å². The van der Waals surface area contributed by atoms with Crippen molar-refractivity contribution in [3.63, 3.8) is 0 Å². The summed E-state index contributed by atoms with van der Waals surface area (Å²) in [5, 5.41) is 9.15. The Labute approximate surface area is 189 Å². The van der Waals surface area contributed by atoms with Crippen LogP contribution >= 0.6 is 24.0 Å². The first-order chi connectivity index (χ1) is 13.5. The molecule has 7 nitrogen and oxygen atoms in total. The highest BCUT2D eigenvalue weighted by Gasteiger charge is 2.06. The van der Waals surface area contributed by atoms with Crippen molar-refractivity contribution in [3.8, 4) is 5.75 Å². The molecule has 0 bridgehead atoms. The average Bonchev–Trinajstić information content (AvgIpc) is 2.68. The first-order valence-corrected chi connectivity index (χ1v) is 9.40. The molecule has 8 heteroatoms. The Morgan fingerprint density at radius 1 is 1.14 bits per heavy atom. The molecule has 1 amide bonds. The number of carbonyl (C=O) groups is 1. The van der Waals surface area contributed by atoms with Crippen molar-refractivity contribution < 1.29 is 9.53 Å². The maximum atomic E-state index is 12.1. The summed E-state index contributed by atoms with van der Waals surface area (Å²) >= 11 is 0. The quantitative estimate of drug-likeness (QED) is 0.287. The third-order valence-corrected chi connectivity index (χ3v) is 4.02. The Kier molecular flexibility index (Phi) is 11.0. The highest BCUT2D eigenvalue weighted by atomic mass is 127. The first kappa shape index (κ1) is 24.7. The maximum Gasteiger partial charge on any atom is 0.227 e. The Morgan fingerprint density at radius 3 is 2.55 bits per heavy atom. The van der Waals surface area contributed by atoms with Crippen LogP contribution in [0.2, 0.25) is 0 Å². The molecule has 0 radical (unpaired) electrons. The average molecular weight is 511 g/mol. The molecule has 1 aromatic carbocycles. The van der Waals surface area contributed by atoms with E-state index in [1.165, 1.54) is 0 Å². The minimum atomic E-state index is -0.0973. The number of hydrogen-bond acceptors (Lipinski definition) is 4. The number of carbonyl (C=O) groups excluding carboxylic acids is 1. The van der Waals surface area contributed by atoms with Crippen molar-refractivity contribution in [2.24, 2.45) is 4.99 Å². The molecule has 158 valence electrons. The van der Waals surface area contributed by atoms with Crippen LogP contribution in [0.3, 0.4) is 0 Å². The summed E-state index contributed by atoms with van der Waals surface area (Å²) in [6, 6.07) is 9.76. The van der Waals surface area contributed by atoms with E-state index in [9.17, 15) is 4.79 Å². The summed E-state index contributed by atoms with van der Waals surface area (Å²) < 4.78 is 5.43. The van der Waals surface area contributed by atoms with Gasteiger partial charge in [-0.3, -0.25) is 4.79 Å². The van der Waals surface area contributed by atoms with Gasteiger partial charge in [0.05, 0.1) is 13.7 Å². The van der Waals surface area contributed by atoms with Crippen molar-refractivity contribution in [2.75, 3.05) is 25.5 Å². The second kappa shape index (κ2) is 13.0. The van der Waals surface area contributed by atoms with Crippen LogP contribution in [0.4, 0.5) is 5.82 Å². The van der Waals surface area contributed by atoms with Crippen LogP contribution in [0.25, 0.3) is 0 Å². The summed E-state index contributed by atoms with van der Waals surface area (Å²) in [6.45, 7) is 7.66. The van der Waals surface area contributed by atoms with E-state index in [1.807, 2.05) is 45.0 Å². The van der Waals surface area contributed by atoms with Gasteiger partial charge in [0.2, 0.25) is 5.91 Å². The summed E-state index contributed by atoms with van der Waals surface area (Å²) in [7, 11) is 1.66. The molecule has 0 unspecified atom stereocenters. The minimum absolute atomic E-state index is 0. The van der Waals surface area contributed by atoms with E-state index < -0.39 is 0 Å². The number of benzene rings is 1. The largest absolute Gasteiger partial charge is 0.496 e. The lowest BCUT2D eigenvalue weighted by Crippen LogP contribution is -2.38. The molecule has 29 heavy (non-hydrogen) atoms. The van der Waals surface area contributed by atoms with Crippen LogP contribution in [-0.2, 0) is 11.3 Å². The Morgan fingerprint density at radius 2 is 1.90 bits per heavy atom. The van der Waals surface area contributed by atoms with Crippen molar-refractivity contribution in [2.45, 2.75) is 33.7 Å². The molecule has 0 aliphatic rings. The summed E-state index contributed by atoms with van der Waals surface area (Å²) in [5.41, 5.74) is 3.20. The number of hydrogen-bond donors (Lipinski definition) is 3. The number of nitrogens with one attached hydrogen (secondary N) is 3. The molecule has 0 fully saturated rings. The van der Waals surface area contributed by atoms with E-state index in [2.05, 4.69) is 25.9 Å². The fourth-order valence-corrected chi connectivity index (χ4v) is 2.53. The van der Waals surface area contributed by atoms with Crippen LogP contribution in [0, 0.1) is 13.8 Å². The van der Waals surface area contributed by atoms with Crippen molar-refractivity contribution in [1.29, 1.82) is 0 Å². The second-order valence-corrected chi connectivity index (χ2v) is 6.46. The Hall–Kier alpha value is -2.36. The Balaban J connectivity index is 0.00000420. The summed E-state index contributed by atoms with van der Waals surface area (Å²) in [6.07, 6.45) is 2.04. The number of pyridine rings is 1. The SMILES string of the molecule is CCNC(=NCc1ccc(C)cc1OC)NCCC(=O)Nc1ccc(C)cn1.I. The number of halogens is 1.